The van der Waals surface area contributed by atoms with E-state index in [1.807, 2.05) is 36.4 Å². The highest BCUT2D eigenvalue weighted by Crippen LogP contribution is 2.28. The summed E-state index contributed by atoms with van der Waals surface area (Å²) in [6.45, 7) is 0. The fourth-order valence-electron chi connectivity index (χ4n) is 2.20. The molecule has 20 heavy (non-hydrogen) atoms. The number of benzene rings is 3. The fourth-order valence-corrected chi connectivity index (χ4v) is 2.20. The highest BCUT2D eigenvalue weighted by atomic mass is 19.1. The van der Waals surface area contributed by atoms with Gasteiger partial charge in [0.2, 0.25) is 0 Å². The lowest BCUT2D eigenvalue weighted by Crippen LogP contribution is -1.86. The average Bonchev–Trinajstić information content (AvgIpc) is 2.49. The van der Waals surface area contributed by atoms with Gasteiger partial charge >= 0.3 is 0 Å². The van der Waals surface area contributed by atoms with Crippen molar-refractivity contribution in [3.63, 3.8) is 0 Å². The number of rotatable bonds is 2. The van der Waals surface area contributed by atoms with Crippen molar-refractivity contribution >= 4 is 0 Å². The standard InChI is InChI=1S/C18H13FO/c19-18-12-15(13-4-2-1-3-5-13)8-11-17(18)14-6-9-16(20)10-7-14/h1-12,20H. The minimum absolute atomic E-state index is 0.176. The molecule has 3 aromatic rings. The molecule has 0 fully saturated rings. The van der Waals surface area contributed by atoms with E-state index in [0.29, 0.717) is 5.56 Å². The van der Waals surface area contributed by atoms with Crippen LogP contribution in [0.1, 0.15) is 0 Å². The third-order valence-corrected chi connectivity index (χ3v) is 3.25. The minimum atomic E-state index is -0.267. The molecule has 0 aliphatic carbocycles. The van der Waals surface area contributed by atoms with E-state index in [1.54, 1.807) is 30.3 Å². The fraction of sp³-hybridized carbons (Fsp3) is 0. The van der Waals surface area contributed by atoms with Gasteiger partial charge in [-0.05, 0) is 34.9 Å². The Balaban J connectivity index is 2.02. The van der Waals surface area contributed by atoms with Gasteiger partial charge in [-0.2, -0.15) is 0 Å². The molecular formula is C18H13FO. The Morgan fingerprint density at radius 3 is 1.95 bits per heavy atom. The van der Waals surface area contributed by atoms with Crippen LogP contribution in [0.25, 0.3) is 22.3 Å². The van der Waals surface area contributed by atoms with Gasteiger partial charge < -0.3 is 5.11 Å². The summed E-state index contributed by atoms with van der Waals surface area (Å²) in [4.78, 5) is 0. The van der Waals surface area contributed by atoms with E-state index in [4.69, 9.17) is 0 Å². The van der Waals surface area contributed by atoms with Crippen LogP contribution in [-0.4, -0.2) is 5.11 Å². The maximum Gasteiger partial charge on any atom is 0.131 e. The second kappa shape index (κ2) is 5.17. The van der Waals surface area contributed by atoms with Crippen LogP contribution in [0.3, 0.4) is 0 Å². The smallest absolute Gasteiger partial charge is 0.131 e. The highest BCUT2D eigenvalue weighted by Gasteiger charge is 2.07. The van der Waals surface area contributed by atoms with Crippen LogP contribution < -0.4 is 0 Å². The summed E-state index contributed by atoms with van der Waals surface area (Å²) in [5, 5.41) is 9.27. The van der Waals surface area contributed by atoms with E-state index >= 15 is 0 Å². The Hall–Kier alpha value is -2.61. The topological polar surface area (TPSA) is 20.2 Å². The lowest BCUT2D eigenvalue weighted by atomic mass is 9.99. The number of phenols is 1. The molecule has 1 nitrogen and oxygen atoms in total. The van der Waals surface area contributed by atoms with Crippen molar-refractivity contribution in [2.24, 2.45) is 0 Å². The van der Waals surface area contributed by atoms with Gasteiger partial charge in [0.15, 0.2) is 0 Å². The maximum absolute atomic E-state index is 14.3. The Bertz CT molecular complexity index is 718. The summed E-state index contributed by atoms with van der Waals surface area (Å²) in [6.07, 6.45) is 0. The molecule has 0 amide bonds. The van der Waals surface area contributed by atoms with E-state index < -0.39 is 0 Å². The Morgan fingerprint density at radius 2 is 1.30 bits per heavy atom. The van der Waals surface area contributed by atoms with Crippen molar-refractivity contribution < 1.29 is 9.50 Å². The largest absolute Gasteiger partial charge is 0.508 e. The Kier molecular flexibility index (Phi) is 3.21. The molecule has 0 aliphatic rings. The first-order valence-corrected chi connectivity index (χ1v) is 6.38. The number of aromatic hydroxyl groups is 1. The lowest BCUT2D eigenvalue weighted by Gasteiger charge is -2.07. The summed E-state index contributed by atoms with van der Waals surface area (Å²) >= 11 is 0. The van der Waals surface area contributed by atoms with Crippen molar-refractivity contribution in [2.75, 3.05) is 0 Å². The van der Waals surface area contributed by atoms with E-state index in [2.05, 4.69) is 0 Å². The monoisotopic (exact) mass is 264 g/mol. The van der Waals surface area contributed by atoms with Crippen LogP contribution in [0.15, 0.2) is 72.8 Å². The molecule has 98 valence electrons. The second-order valence-electron chi connectivity index (χ2n) is 4.61. The minimum Gasteiger partial charge on any atom is -0.508 e. The summed E-state index contributed by atoms with van der Waals surface area (Å²) in [5.41, 5.74) is 3.12. The van der Waals surface area contributed by atoms with E-state index in [0.717, 1.165) is 16.7 Å². The zero-order chi connectivity index (χ0) is 13.9. The Morgan fingerprint density at radius 1 is 0.650 bits per heavy atom. The van der Waals surface area contributed by atoms with Crippen LogP contribution in [-0.2, 0) is 0 Å². The van der Waals surface area contributed by atoms with E-state index in [1.165, 1.54) is 6.07 Å². The van der Waals surface area contributed by atoms with Gasteiger partial charge in [0.1, 0.15) is 11.6 Å². The molecule has 2 heteroatoms. The summed E-state index contributed by atoms with van der Waals surface area (Å²) in [7, 11) is 0. The van der Waals surface area contributed by atoms with Gasteiger partial charge in [0.25, 0.3) is 0 Å². The first-order chi connectivity index (χ1) is 9.74. The van der Waals surface area contributed by atoms with Crippen LogP contribution in [0.4, 0.5) is 4.39 Å². The zero-order valence-electron chi connectivity index (χ0n) is 10.8. The molecular weight excluding hydrogens is 251 g/mol. The zero-order valence-corrected chi connectivity index (χ0v) is 10.8. The molecule has 0 saturated heterocycles. The average molecular weight is 264 g/mol. The van der Waals surface area contributed by atoms with Gasteiger partial charge in [-0.1, -0.05) is 54.6 Å². The number of halogens is 1. The lowest BCUT2D eigenvalue weighted by molar-refractivity contribution is 0.475. The molecule has 0 unspecified atom stereocenters. The van der Waals surface area contributed by atoms with Crippen LogP contribution >= 0.6 is 0 Å². The first kappa shape index (κ1) is 12.4. The van der Waals surface area contributed by atoms with Crippen molar-refractivity contribution in [1.29, 1.82) is 0 Å². The number of phenolic OH excluding ortho intramolecular Hbond substituents is 1. The van der Waals surface area contributed by atoms with Crippen LogP contribution in [0.2, 0.25) is 0 Å². The SMILES string of the molecule is Oc1ccc(-c2ccc(-c3ccccc3)cc2F)cc1. The van der Waals surface area contributed by atoms with Gasteiger partial charge in [0.05, 0.1) is 0 Å². The third-order valence-electron chi connectivity index (χ3n) is 3.25. The molecule has 0 heterocycles. The molecule has 0 aromatic heterocycles. The molecule has 3 rings (SSSR count). The predicted octanol–water partition coefficient (Wildman–Crippen LogP) is 4.87. The number of hydrogen-bond acceptors (Lipinski definition) is 1. The van der Waals surface area contributed by atoms with Gasteiger partial charge in [-0.15, -0.1) is 0 Å². The van der Waals surface area contributed by atoms with Crippen molar-refractivity contribution in [3.05, 3.63) is 78.6 Å². The van der Waals surface area contributed by atoms with Crippen molar-refractivity contribution in [1.82, 2.24) is 0 Å². The van der Waals surface area contributed by atoms with Gasteiger partial charge in [0, 0.05) is 5.56 Å². The van der Waals surface area contributed by atoms with Gasteiger partial charge in [-0.3, -0.25) is 0 Å². The third kappa shape index (κ3) is 2.41. The first-order valence-electron chi connectivity index (χ1n) is 6.38. The normalized spacial score (nSPS) is 10.4. The second-order valence-corrected chi connectivity index (χ2v) is 4.61. The van der Waals surface area contributed by atoms with E-state index in [9.17, 15) is 9.50 Å². The maximum atomic E-state index is 14.3. The van der Waals surface area contributed by atoms with Crippen LogP contribution in [0, 0.1) is 5.82 Å². The molecule has 0 atom stereocenters. The predicted molar refractivity (Wildman–Crippen MR) is 78.9 cm³/mol. The molecule has 0 aliphatic heterocycles. The highest BCUT2D eigenvalue weighted by molar-refractivity contribution is 5.71. The molecule has 0 bridgehead atoms. The number of hydrogen-bond donors (Lipinski definition) is 1. The summed E-state index contributed by atoms with van der Waals surface area (Å²) in [5.74, 6) is -0.0906. The van der Waals surface area contributed by atoms with E-state index in [-0.39, 0.29) is 11.6 Å². The summed E-state index contributed by atoms with van der Waals surface area (Å²) in [6, 6.07) is 21.4. The molecule has 0 radical (unpaired) electrons. The molecule has 1 N–H and O–H groups in total. The van der Waals surface area contributed by atoms with Crippen molar-refractivity contribution in [2.45, 2.75) is 0 Å². The molecule has 0 spiro atoms. The Labute approximate surface area is 117 Å². The van der Waals surface area contributed by atoms with Crippen molar-refractivity contribution in [3.8, 4) is 28.0 Å². The summed E-state index contributed by atoms with van der Waals surface area (Å²) < 4.78 is 14.3. The quantitative estimate of drug-likeness (QED) is 0.700. The van der Waals surface area contributed by atoms with Crippen LogP contribution in [0.5, 0.6) is 5.75 Å². The van der Waals surface area contributed by atoms with Gasteiger partial charge in [-0.25, -0.2) is 4.39 Å². The molecule has 3 aromatic carbocycles. The molecule has 0 saturated carbocycles.